The van der Waals surface area contributed by atoms with Crippen molar-refractivity contribution in [3.05, 3.63) is 52.2 Å². The van der Waals surface area contributed by atoms with Crippen LogP contribution in [0.2, 0.25) is 0 Å². The smallest absolute Gasteiger partial charge is 0.0747 e. The number of nitrogens with one attached hydrogen (secondary N) is 1. The number of thiophene rings is 1. The molecule has 1 heterocycles. The van der Waals surface area contributed by atoms with E-state index in [0.29, 0.717) is 0 Å². The first-order chi connectivity index (χ1) is 8.66. The van der Waals surface area contributed by atoms with Crippen LogP contribution in [0, 0.1) is 0 Å². The van der Waals surface area contributed by atoms with Gasteiger partial charge in [0.2, 0.25) is 0 Å². The number of carboxylic acid groups (broad SMARTS) is 1. The summed E-state index contributed by atoms with van der Waals surface area (Å²) in [4.78, 5) is 11.7. The highest BCUT2D eigenvalue weighted by molar-refractivity contribution is 7.12. The van der Waals surface area contributed by atoms with E-state index >= 15 is 0 Å². The van der Waals surface area contributed by atoms with E-state index in [1.54, 1.807) is 23.5 Å². The number of rotatable bonds is 4. The van der Waals surface area contributed by atoms with Gasteiger partial charge in [0.05, 0.1) is 17.4 Å². The SMILES string of the molecule is C/C(=N/Nc1ccc(C(=O)[O-])cc1)c1cccs1. The molecule has 0 amide bonds. The summed E-state index contributed by atoms with van der Waals surface area (Å²) in [5.41, 5.74) is 4.65. The van der Waals surface area contributed by atoms with Gasteiger partial charge >= 0.3 is 0 Å². The third kappa shape index (κ3) is 2.95. The molecule has 0 spiro atoms. The predicted molar refractivity (Wildman–Crippen MR) is 70.9 cm³/mol. The van der Waals surface area contributed by atoms with Crippen molar-refractivity contribution in [1.82, 2.24) is 0 Å². The molecule has 1 N–H and O–H groups in total. The summed E-state index contributed by atoms with van der Waals surface area (Å²) < 4.78 is 0. The fraction of sp³-hybridized carbons (Fsp3) is 0.0769. The molecule has 2 rings (SSSR count). The fourth-order valence-electron chi connectivity index (χ4n) is 1.37. The van der Waals surface area contributed by atoms with Crippen LogP contribution in [0.15, 0.2) is 46.9 Å². The van der Waals surface area contributed by atoms with Gasteiger partial charge in [-0.25, -0.2) is 0 Å². The first-order valence-corrected chi connectivity index (χ1v) is 6.20. The monoisotopic (exact) mass is 259 g/mol. The standard InChI is InChI=1S/C13H12N2O2S/c1-9(12-3-2-8-18-12)14-15-11-6-4-10(5-7-11)13(16)17/h2-8,15H,1H3,(H,16,17)/p-1/b14-9-. The van der Waals surface area contributed by atoms with E-state index < -0.39 is 5.97 Å². The van der Waals surface area contributed by atoms with Gasteiger partial charge in [-0.3, -0.25) is 5.43 Å². The summed E-state index contributed by atoms with van der Waals surface area (Å²) >= 11 is 1.62. The molecule has 5 heteroatoms. The van der Waals surface area contributed by atoms with Crippen LogP contribution in [0.5, 0.6) is 0 Å². The molecule has 0 radical (unpaired) electrons. The van der Waals surface area contributed by atoms with Gasteiger partial charge in [-0.05, 0) is 36.1 Å². The summed E-state index contributed by atoms with van der Waals surface area (Å²) in [6.07, 6.45) is 0. The number of hydrogen-bond acceptors (Lipinski definition) is 5. The second kappa shape index (κ2) is 5.46. The van der Waals surface area contributed by atoms with Crippen LogP contribution in [0.1, 0.15) is 22.2 Å². The summed E-state index contributed by atoms with van der Waals surface area (Å²) in [6.45, 7) is 1.91. The Kier molecular flexibility index (Phi) is 3.74. The van der Waals surface area contributed by atoms with E-state index in [1.165, 1.54) is 12.1 Å². The zero-order chi connectivity index (χ0) is 13.0. The van der Waals surface area contributed by atoms with Crippen molar-refractivity contribution < 1.29 is 9.90 Å². The molecule has 0 aliphatic heterocycles. The molecule has 2 aromatic rings. The van der Waals surface area contributed by atoms with Crippen molar-refractivity contribution in [2.75, 3.05) is 5.43 Å². The number of nitrogens with zero attached hydrogens (tertiary/aromatic N) is 1. The van der Waals surface area contributed by atoms with Crippen molar-refractivity contribution in [2.45, 2.75) is 6.92 Å². The van der Waals surface area contributed by atoms with Gasteiger partial charge in [0.25, 0.3) is 0 Å². The van der Waals surface area contributed by atoms with Gasteiger partial charge in [-0.15, -0.1) is 11.3 Å². The predicted octanol–water partition coefficient (Wildman–Crippen LogP) is 1.95. The van der Waals surface area contributed by atoms with Crippen molar-refractivity contribution in [1.29, 1.82) is 0 Å². The first-order valence-electron chi connectivity index (χ1n) is 5.32. The third-order valence-corrected chi connectivity index (χ3v) is 3.33. The minimum absolute atomic E-state index is 0.152. The van der Waals surface area contributed by atoms with Gasteiger partial charge in [0.1, 0.15) is 0 Å². The Balaban J connectivity index is 2.06. The molecule has 18 heavy (non-hydrogen) atoms. The second-order valence-electron chi connectivity index (χ2n) is 3.65. The van der Waals surface area contributed by atoms with Crippen LogP contribution >= 0.6 is 11.3 Å². The lowest BCUT2D eigenvalue weighted by atomic mass is 10.2. The lowest BCUT2D eigenvalue weighted by Gasteiger charge is -2.05. The fourth-order valence-corrected chi connectivity index (χ4v) is 2.05. The Labute approximate surface area is 109 Å². The maximum Gasteiger partial charge on any atom is 0.0747 e. The number of carboxylic acids is 1. The van der Waals surface area contributed by atoms with Gasteiger partial charge in [-0.2, -0.15) is 5.10 Å². The van der Waals surface area contributed by atoms with Crippen LogP contribution in [0.3, 0.4) is 0 Å². The molecule has 0 unspecified atom stereocenters. The molecule has 0 saturated heterocycles. The van der Waals surface area contributed by atoms with E-state index in [1.807, 2.05) is 24.4 Å². The van der Waals surface area contributed by atoms with E-state index in [2.05, 4.69) is 10.5 Å². The summed E-state index contributed by atoms with van der Waals surface area (Å²) in [5, 5.41) is 16.8. The molecule has 0 aliphatic rings. The Bertz CT molecular complexity index is 559. The van der Waals surface area contributed by atoms with Crippen LogP contribution in [0.25, 0.3) is 0 Å². The number of benzene rings is 1. The van der Waals surface area contributed by atoms with Crippen molar-refractivity contribution in [3.63, 3.8) is 0 Å². The molecule has 0 saturated carbocycles. The highest BCUT2D eigenvalue weighted by atomic mass is 32.1. The molecule has 0 bridgehead atoms. The summed E-state index contributed by atoms with van der Waals surface area (Å²) in [5.74, 6) is -1.18. The average molecular weight is 259 g/mol. The Morgan fingerprint density at radius 2 is 2.00 bits per heavy atom. The molecule has 1 aromatic heterocycles. The molecular formula is C13H11N2O2S-. The molecule has 1 aromatic carbocycles. The van der Waals surface area contributed by atoms with Crippen LogP contribution in [-0.4, -0.2) is 11.7 Å². The van der Waals surface area contributed by atoms with Crippen LogP contribution in [-0.2, 0) is 0 Å². The van der Waals surface area contributed by atoms with Gasteiger partial charge in [0, 0.05) is 4.88 Å². The third-order valence-electron chi connectivity index (χ3n) is 2.35. The quantitative estimate of drug-likeness (QED) is 0.674. The van der Waals surface area contributed by atoms with E-state index in [0.717, 1.165) is 16.3 Å². The number of hydrogen-bond donors (Lipinski definition) is 1. The minimum Gasteiger partial charge on any atom is -0.545 e. The van der Waals surface area contributed by atoms with E-state index in [-0.39, 0.29) is 5.56 Å². The first kappa shape index (κ1) is 12.3. The summed E-state index contributed by atoms with van der Waals surface area (Å²) in [7, 11) is 0. The van der Waals surface area contributed by atoms with Crippen LogP contribution < -0.4 is 10.5 Å². The largest absolute Gasteiger partial charge is 0.545 e. The zero-order valence-corrected chi connectivity index (χ0v) is 10.5. The number of hydrazone groups is 1. The number of aromatic carboxylic acids is 1. The highest BCUT2D eigenvalue weighted by Gasteiger charge is 1.98. The highest BCUT2D eigenvalue weighted by Crippen LogP contribution is 2.12. The van der Waals surface area contributed by atoms with Crippen molar-refractivity contribution >= 4 is 28.7 Å². The lowest BCUT2D eigenvalue weighted by Crippen LogP contribution is -2.21. The molecule has 0 atom stereocenters. The topological polar surface area (TPSA) is 64.5 Å². The van der Waals surface area contributed by atoms with Crippen LogP contribution in [0.4, 0.5) is 5.69 Å². The molecule has 0 fully saturated rings. The lowest BCUT2D eigenvalue weighted by molar-refractivity contribution is -0.255. The molecule has 92 valence electrons. The Morgan fingerprint density at radius 1 is 1.28 bits per heavy atom. The van der Waals surface area contributed by atoms with Crippen molar-refractivity contribution in [3.8, 4) is 0 Å². The maximum atomic E-state index is 10.6. The normalized spacial score (nSPS) is 11.3. The van der Waals surface area contributed by atoms with Crippen molar-refractivity contribution in [2.24, 2.45) is 5.10 Å². The molecule has 4 nitrogen and oxygen atoms in total. The van der Waals surface area contributed by atoms with Gasteiger partial charge in [0.15, 0.2) is 0 Å². The average Bonchev–Trinajstić information content (AvgIpc) is 2.90. The zero-order valence-electron chi connectivity index (χ0n) is 9.71. The number of carbonyl (C=O) groups excluding carboxylic acids is 1. The second-order valence-corrected chi connectivity index (χ2v) is 4.60. The molecule has 0 aliphatic carbocycles. The van der Waals surface area contributed by atoms with E-state index in [4.69, 9.17) is 0 Å². The van der Waals surface area contributed by atoms with Gasteiger partial charge in [-0.1, -0.05) is 18.2 Å². The maximum absolute atomic E-state index is 10.6. The minimum atomic E-state index is -1.18. The van der Waals surface area contributed by atoms with Gasteiger partial charge < -0.3 is 9.90 Å². The van der Waals surface area contributed by atoms with E-state index in [9.17, 15) is 9.90 Å². The Hall–Kier alpha value is -2.14. The number of anilines is 1. The summed E-state index contributed by atoms with van der Waals surface area (Å²) in [6, 6.07) is 10.2. The Morgan fingerprint density at radius 3 is 2.56 bits per heavy atom. The molecular weight excluding hydrogens is 248 g/mol. The number of carbonyl (C=O) groups is 1.